The number of rotatable bonds is 7. The summed E-state index contributed by atoms with van der Waals surface area (Å²) >= 11 is 0. The summed E-state index contributed by atoms with van der Waals surface area (Å²) in [6.45, 7) is 2.96. The van der Waals surface area contributed by atoms with Gasteiger partial charge in [-0.05, 0) is 62.1 Å². The zero-order chi connectivity index (χ0) is 22.9. The zero-order valence-corrected chi connectivity index (χ0v) is 18.0. The molecule has 0 aromatic heterocycles. The summed E-state index contributed by atoms with van der Waals surface area (Å²) in [6, 6.07) is 12.8. The second kappa shape index (κ2) is 11.3. The Morgan fingerprint density at radius 3 is 2.41 bits per heavy atom. The second-order valence-electron chi connectivity index (χ2n) is 7.53. The Balaban J connectivity index is 1.42. The molecule has 3 rings (SSSR count). The van der Waals surface area contributed by atoms with E-state index in [-0.39, 0.29) is 36.7 Å². The third-order valence-electron chi connectivity index (χ3n) is 5.29. The van der Waals surface area contributed by atoms with Gasteiger partial charge in [-0.1, -0.05) is 18.2 Å². The average Bonchev–Trinajstić information content (AvgIpc) is 2.79. The molecule has 0 radical (unpaired) electrons. The summed E-state index contributed by atoms with van der Waals surface area (Å²) < 4.78 is 23.4. The van der Waals surface area contributed by atoms with Gasteiger partial charge in [0, 0.05) is 31.1 Å². The third-order valence-corrected chi connectivity index (χ3v) is 5.29. The first-order valence-corrected chi connectivity index (χ1v) is 10.7. The van der Waals surface area contributed by atoms with Gasteiger partial charge in [0.25, 0.3) is 5.91 Å². The maximum atomic E-state index is 13.7. The molecule has 0 saturated carbocycles. The Morgan fingerprint density at radius 1 is 1.06 bits per heavy atom. The molecule has 0 unspecified atom stereocenters. The molecule has 0 aliphatic carbocycles. The number of halogens is 1. The van der Waals surface area contributed by atoms with Crippen LogP contribution >= 0.6 is 0 Å². The van der Waals surface area contributed by atoms with E-state index in [1.165, 1.54) is 6.07 Å². The Hall–Kier alpha value is -3.42. The molecular weight excluding hydrogens is 415 g/mol. The zero-order valence-electron chi connectivity index (χ0n) is 18.0. The number of benzene rings is 2. The number of carbonyl (C=O) groups is 3. The highest BCUT2D eigenvalue weighted by Crippen LogP contribution is 2.18. The predicted molar refractivity (Wildman–Crippen MR) is 116 cm³/mol. The van der Waals surface area contributed by atoms with E-state index in [4.69, 9.17) is 9.47 Å². The molecule has 32 heavy (non-hydrogen) atoms. The van der Waals surface area contributed by atoms with E-state index in [0.29, 0.717) is 49.2 Å². The van der Waals surface area contributed by atoms with Crippen LogP contribution in [0.3, 0.4) is 0 Å². The molecule has 2 aromatic rings. The molecule has 1 N–H and O–H groups in total. The van der Waals surface area contributed by atoms with Gasteiger partial charge < -0.3 is 19.7 Å². The van der Waals surface area contributed by atoms with Crippen LogP contribution in [0.4, 0.5) is 9.18 Å². The molecule has 1 saturated heterocycles. The lowest BCUT2D eigenvalue weighted by molar-refractivity contribution is -0.122. The van der Waals surface area contributed by atoms with E-state index in [2.05, 4.69) is 5.32 Å². The minimum Gasteiger partial charge on any atom is -0.434 e. The van der Waals surface area contributed by atoms with Crippen molar-refractivity contribution in [1.29, 1.82) is 0 Å². The molecule has 1 heterocycles. The topological polar surface area (TPSA) is 84.9 Å². The predicted octanol–water partition coefficient (Wildman–Crippen LogP) is 3.71. The molecule has 2 aromatic carbocycles. The van der Waals surface area contributed by atoms with Crippen molar-refractivity contribution in [1.82, 2.24) is 10.2 Å². The standard InChI is InChI=1S/C24H27FN2O5/c1-2-31-24(30)32-20-10-7-18(8-11-20)23(29)27-15-13-19(14-16-27)26-22(28)12-9-17-5-3-4-6-21(17)25/h3-8,10-11,19H,2,9,12-16H2,1H3,(H,26,28). The van der Waals surface area contributed by atoms with Gasteiger partial charge in [-0.15, -0.1) is 0 Å². The number of nitrogens with zero attached hydrogens (tertiary/aromatic N) is 1. The molecule has 0 atom stereocenters. The van der Waals surface area contributed by atoms with E-state index < -0.39 is 6.16 Å². The molecule has 170 valence electrons. The number of amides is 2. The Morgan fingerprint density at radius 2 is 1.75 bits per heavy atom. The summed E-state index contributed by atoms with van der Waals surface area (Å²) in [7, 11) is 0. The van der Waals surface area contributed by atoms with Crippen molar-refractivity contribution >= 4 is 18.0 Å². The van der Waals surface area contributed by atoms with Crippen molar-refractivity contribution in [3.63, 3.8) is 0 Å². The van der Waals surface area contributed by atoms with Gasteiger partial charge in [-0.2, -0.15) is 0 Å². The number of hydrogen-bond donors (Lipinski definition) is 1. The highest BCUT2D eigenvalue weighted by molar-refractivity contribution is 5.94. The van der Waals surface area contributed by atoms with Gasteiger partial charge in [0.2, 0.25) is 5.91 Å². The van der Waals surface area contributed by atoms with Gasteiger partial charge >= 0.3 is 6.16 Å². The Kier molecular flexibility index (Phi) is 8.19. The minimum absolute atomic E-state index is 0.00692. The molecule has 1 aliphatic rings. The maximum absolute atomic E-state index is 13.7. The van der Waals surface area contributed by atoms with E-state index in [1.807, 2.05) is 0 Å². The third kappa shape index (κ3) is 6.54. The van der Waals surface area contributed by atoms with Crippen LogP contribution in [0.2, 0.25) is 0 Å². The minimum atomic E-state index is -0.787. The van der Waals surface area contributed by atoms with Crippen molar-refractivity contribution in [3.8, 4) is 5.75 Å². The number of carbonyl (C=O) groups excluding carboxylic acids is 3. The van der Waals surface area contributed by atoms with Crippen molar-refractivity contribution in [3.05, 3.63) is 65.5 Å². The highest BCUT2D eigenvalue weighted by atomic mass is 19.1. The van der Waals surface area contributed by atoms with Crippen LogP contribution in [0.1, 0.15) is 42.1 Å². The van der Waals surface area contributed by atoms with Crippen molar-refractivity contribution in [2.75, 3.05) is 19.7 Å². The van der Waals surface area contributed by atoms with E-state index in [9.17, 15) is 18.8 Å². The summed E-state index contributed by atoms with van der Waals surface area (Å²) in [5, 5.41) is 2.98. The lowest BCUT2D eigenvalue weighted by Crippen LogP contribution is -2.46. The lowest BCUT2D eigenvalue weighted by Gasteiger charge is -2.32. The van der Waals surface area contributed by atoms with Crippen LogP contribution < -0.4 is 10.1 Å². The largest absolute Gasteiger partial charge is 0.513 e. The molecule has 1 aliphatic heterocycles. The normalized spacial score (nSPS) is 14.0. The van der Waals surface area contributed by atoms with E-state index in [0.717, 1.165) is 0 Å². The fraction of sp³-hybridized carbons (Fsp3) is 0.375. The van der Waals surface area contributed by atoms with Gasteiger partial charge in [-0.3, -0.25) is 9.59 Å². The van der Waals surface area contributed by atoms with Crippen LogP contribution in [-0.2, 0) is 16.0 Å². The number of hydrogen-bond acceptors (Lipinski definition) is 5. The van der Waals surface area contributed by atoms with Crippen molar-refractivity contribution in [2.45, 2.75) is 38.6 Å². The molecule has 7 nitrogen and oxygen atoms in total. The number of aryl methyl sites for hydroxylation is 1. The molecule has 2 amide bonds. The monoisotopic (exact) mass is 442 g/mol. The molecular formula is C24H27FN2O5. The summed E-state index contributed by atoms with van der Waals surface area (Å²) in [4.78, 5) is 38.0. The Bertz CT molecular complexity index is 940. The summed E-state index contributed by atoms with van der Waals surface area (Å²) in [6.07, 6.45) is 1.10. The molecule has 1 fully saturated rings. The first-order valence-electron chi connectivity index (χ1n) is 10.7. The van der Waals surface area contributed by atoms with Gasteiger partial charge in [-0.25, -0.2) is 9.18 Å². The van der Waals surface area contributed by atoms with Crippen molar-refractivity contribution in [2.24, 2.45) is 0 Å². The van der Waals surface area contributed by atoms with Crippen LogP contribution in [0.5, 0.6) is 5.75 Å². The summed E-state index contributed by atoms with van der Waals surface area (Å²) in [5.74, 6) is -0.225. The number of nitrogens with one attached hydrogen (secondary N) is 1. The Labute approximate surface area is 186 Å². The molecule has 0 bridgehead atoms. The maximum Gasteiger partial charge on any atom is 0.513 e. The molecule has 8 heteroatoms. The van der Waals surface area contributed by atoms with Crippen LogP contribution in [0.15, 0.2) is 48.5 Å². The fourth-order valence-corrected chi connectivity index (χ4v) is 3.57. The average molecular weight is 442 g/mol. The number of likely N-dealkylation sites (tertiary alicyclic amines) is 1. The van der Waals surface area contributed by atoms with Gasteiger partial charge in [0.1, 0.15) is 11.6 Å². The fourth-order valence-electron chi connectivity index (χ4n) is 3.57. The van der Waals surface area contributed by atoms with Crippen LogP contribution in [0.25, 0.3) is 0 Å². The second-order valence-corrected chi connectivity index (χ2v) is 7.53. The quantitative estimate of drug-likeness (QED) is 0.522. The van der Waals surface area contributed by atoms with E-state index >= 15 is 0 Å². The van der Waals surface area contributed by atoms with Crippen molar-refractivity contribution < 1.29 is 28.2 Å². The molecule has 0 spiro atoms. The summed E-state index contributed by atoms with van der Waals surface area (Å²) in [5.41, 5.74) is 1.02. The number of ether oxygens (including phenoxy) is 2. The number of piperidine rings is 1. The first kappa shape index (κ1) is 23.2. The first-order chi connectivity index (χ1) is 15.5. The highest BCUT2D eigenvalue weighted by Gasteiger charge is 2.24. The van der Waals surface area contributed by atoms with Crippen LogP contribution in [0, 0.1) is 5.82 Å². The smallest absolute Gasteiger partial charge is 0.434 e. The van der Waals surface area contributed by atoms with Gasteiger partial charge in [0.15, 0.2) is 0 Å². The lowest BCUT2D eigenvalue weighted by atomic mass is 10.0. The van der Waals surface area contributed by atoms with E-state index in [1.54, 1.807) is 54.3 Å². The van der Waals surface area contributed by atoms with Crippen LogP contribution in [-0.4, -0.2) is 48.6 Å². The SMILES string of the molecule is CCOC(=O)Oc1ccc(C(=O)N2CCC(NC(=O)CCc3ccccc3F)CC2)cc1. The van der Waals surface area contributed by atoms with Gasteiger partial charge in [0.05, 0.1) is 6.61 Å².